The second-order valence-electron chi connectivity index (χ2n) is 5.43. The van der Waals surface area contributed by atoms with Crippen molar-refractivity contribution in [2.45, 2.75) is 12.8 Å². The third-order valence-electron chi connectivity index (χ3n) is 3.95. The van der Waals surface area contributed by atoms with E-state index >= 15 is 0 Å². The molecule has 0 spiro atoms. The molecule has 0 amide bonds. The minimum atomic E-state index is -0.259. The standard InChI is InChI=1S/C21H18O/c1-16-10-8-9-15-19(16)20(17-11-4-2-5-12-17)21(22)18-13-6-3-7-14-18/h2-15,20H,1H3/t20-/m0/s1. The molecule has 22 heavy (non-hydrogen) atoms. The summed E-state index contributed by atoms with van der Waals surface area (Å²) in [5.74, 6) is -0.120. The van der Waals surface area contributed by atoms with Crippen molar-refractivity contribution in [3.8, 4) is 0 Å². The van der Waals surface area contributed by atoms with E-state index in [0.29, 0.717) is 0 Å². The normalized spacial score (nSPS) is 11.9. The van der Waals surface area contributed by atoms with Crippen LogP contribution in [0.3, 0.4) is 0 Å². The van der Waals surface area contributed by atoms with Gasteiger partial charge in [-0.3, -0.25) is 4.79 Å². The molecule has 0 radical (unpaired) electrons. The zero-order chi connectivity index (χ0) is 15.4. The number of carbonyl (C=O) groups excluding carboxylic acids is 1. The molecule has 3 rings (SSSR count). The first-order chi connectivity index (χ1) is 10.8. The van der Waals surface area contributed by atoms with Gasteiger partial charge in [-0.05, 0) is 23.6 Å². The first-order valence-corrected chi connectivity index (χ1v) is 7.47. The van der Waals surface area contributed by atoms with E-state index in [1.165, 1.54) is 0 Å². The molecule has 3 aromatic carbocycles. The fraction of sp³-hybridized carbons (Fsp3) is 0.0952. The zero-order valence-electron chi connectivity index (χ0n) is 12.6. The summed E-state index contributed by atoms with van der Waals surface area (Å²) in [6.45, 7) is 2.06. The largest absolute Gasteiger partial charge is 0.293 e. The van der Waals surface area contributed by atoms with Crippen molar-refractivity contribution in [1.82, 2.24) is 0 Å². The van der Waals surface area contributed by atoms with E-state index in [0.717, 1.165) is 22.3 Å². The Kier molecular flexibility index (Phi) is 4.15. The zero-order valence-corrected chi connectivity index (χ0v) is 12.6. The van der Waals surface area contributed by atoms with Gasteiger partial charge in [-0.2, -0.15) is 0 Å². The molecule has 0 unspecified atom stereocenters. The molecule has 0 saturated heterocycles. The molecule has 0 aliphatic heterocycles. The highest BCUT2D eigenvalue weighted by molar-refractivity contribution is 6.03. The molecule has 1 nitrogen and oxygen atoms in total. The van der Waals surface area contributed by atoms with Gasteiger partial charge in [0.15, 0.2) is 5.78 Å². The van der Waals surface area contributed by atoms with Crippen LogP contribution in [0.2, 0.25) is 0 Å². The van der Waals surface area contributed by atoms with Gasteiger partial charge < -0.3 is 0 Å². The van der Waals surface area contributed by atoms with Crippen molar-refractivity contribution in [2.24, 2.45) is 0 Å². The average molecular weight is 286 g/mol. The lowest BCUT2D eigenvalue weighted by Crippen LogP contribution is -2.15. The number of Topliss-reactive ketones (excluding diaryl/α,β-unsaturated/α-hetero) is 1. The highest BCUT2D eigenvalue weighted by Gasteiger charge is 2.24. The Labute approximate surface area is 131 Å². The maximum Gasteiger partial charge on any atom is 0.174 e. The quantitative estimate of drug-likeness (QED) is 0.616. The first-order valence-electron chi connectivity index (χ1n) is 7.47. The smallest absolute Gasteiger partial charge is 0.174 e. The van der Waals surface area contributed by atoms with Gasteiger partial charge in [0.25, 0.3) is 0 Å². The van der Waals surface area contributed by atoms with E-state index in [9.17, 15) is 4.79 Å². The Hall–Kier alpha value is -2.67. The van der Waals surface area contributed by atoms with Crippen LogP contribution in [-0.4, -0.2) is 5.78 Å². The molecule has 0 fully saturated rings. The summed E-state index contributed by atoms with van der Waals surface area (Å²) in [5.41, 5.74) is 3.99. The van der Waals surface area contributed by atoms with Crippen LogP contribution in [0.4, 0.5) is 0 Å². The molecule has 0 heterocycles. The van der Waals surface area contributed by atoms with Gasteiger partial charge in [-0.1, -0.05) is 84.9 Å². The first kappa shape index (κ1) is 14.3. The lowest BCUT2D eigenvalue weighted by atomic mass is 9.83. The number of hydrogen-bond donors (Lipinski definition) is 0. The van der Waals surface area contributed by atoms with Crippen molar-refractivity contribution in [3.63, 3.8) is 0 Å². The molecule has 1 atom stereocenters. The summed E-state index contributed by atoms with van der Waals surface area (Å²) < 4.78 is 0. The van der Waals surface area contributed by atoms with Crippen molar-refractivity contribution < 1.29 is 4.79 Å². The van der Waals surface area contributed by atoms with E-state index in [1.54, 1.807) is 0 Å². The summed E-state index contributed by atoms with van der Waals surface area (Å²) in [5, 5.41) is 0. The van der Waals surface area contributed by atoms with Crippen LogP contribution in [0.5, 0.6) is 0 Å². The molecule has 3 aromatic rings. The highest BCUT2D eigenvalue weighted by Crippen LogP contribution is 2.30. The number of hydrogen-bond acceptors (Lipinski definition) is 1. The SMILES string of the molecule is Cc1ccccc1[C@@H](C(=O)c1ccccc1)c1ccccc1. The Morgan fingerprint density at radius 3 is 1.91 bits per heavy atom. The van der Waals surface area contributed by atoms with Gasteiger partial charge in [0, 0.05) is 5.56 Å². The third kappa shape index (κ3) is 2.84. The lowest BCUT2D eigenvalue weighted by Gasteiger charge is -2.19. The maximum absolute atomic E-state index is 13.1. The van der Waals surface area contributed by atoms with Crippen LogP contribution < -0.4 is 0 Å². The van der Waals surface area contributed by atoms with Crippen molar-refractivity contribution in [1.29, 1.82) is 0 Å². The van der Waals surface area contributed by atoms with Crippen LogP contribution in [0.15, 0.2) is 84.9 Å². The van der Waals surface area contributed by atoms with E-state index in [-0.39, 0.29) is 11.7 Å². The fourth-order valence-electron chi connectivity index (χ4n) is 2.80. The van der Waals surface area contributed by atoms with E-state index in [4.69, 9.17) is 0 Å². The number of carbonyl (C=O) groups is 1. The van der Waals surface area contributed by atoms with Crippen LogP contribution in [0.1, 0.15) is 33.0 Å². The van der Waals surface area contributed by atoms with Gasteiger partial charge in [-0.15, -0.1) is 0 Å². The topological polar surface area (TPSA) is 17.1 Å². The van der Waals surface area contributed by atoms with Gasteiger partial charge in [-0.25, -0.2) is 0 Å². The highest BCUT2D eigenvalue weighted by atomic mass is 16.1. The number of benzene rings is 3. The monoisotopic (exact) mass is 286 g/mol. The molecule has 108 valence electrons. The van der Waals surface area contributed by atoms with E-state index < -0.39 is 0 Å². The van der Waals surface area contributed by atoms with Crippen molar-refractivity contribution in [3.05, 3.63) is 107 Å². The Balaban J connectivity index is 2.12. The van der Waals surface area contributed by atoms with Crippen LogP contribution in [0, 0.1) is 6.92 Å². The van der Waals surface area contributed by atoms with Crippen LogP contribution in [-0.2, 0) is 0 Å². The van der Waals surface area contributed by atoms with Crippen molar-refractivity contribution in [2.75, 3.05) is 0 Å². The predicted octanol–water partition coefficient (Wildman–Crippen LogP) is 5.01. The van der Waals surface area contributed by atoms with Gasteiger partial charge in [0.1, 0.15) is 0 Å². The summed E-state index contributed by atoms with van der Waals surface area (Å²) in [7, 11) is 0. The average Bonchev–Trinajstić information content (AvgIpc) is 2.58. The molecule has 0 N–H and O–H groups in total. The summed E-state index contributed by atoms with van der Waals surface area (Å²) in [4.78, 5) is 13.1. The minimum absolute atomic E-state index is 0.140. The van der Waals surface area contributed by atoms with E-state index in [1.807, 2.05) is 78.9 Å². The minimum Gasteiger partial charge on any atom is -0.293 e. The third-order valence-corrected chi connectivity index (χ3v) is 3.95. The Bertz CT molecular complexity index is 760. The lowest BCUT2D eigenvalue weighted by molar-refractivity contribution is 0.0973. The molecule has 0 saturated carbocycles. The molecule has 0 aliphatic carbocycles. The molecular formula is C21H18O. The van der Waals surface area contributed by atoms with Crippen LogP contribution in [0.25, 0.3) is 0 Å². The van der Waals surface area contributed by atoms with Crippen LogP contribution >= 0.6 is 0 Å². The molecule has 0 aromatic heterocycles. The maximum atomic E-state index is 13.1. The number of rotatable bonds is 4. The van der Waals surface area contributed by atoms with Crippen molar-refractivity contribution >= 4 is 5.78 Å². The second kappa shape index (κ2) is 6.40. The molecule has 1 heteroatoms. The Morgan fingerprint density at radius 2 is 1.27 bits per heavy atom. The Morgan fingerprint density at radius 1 is 0.727 bits per heavy atom. The fourth-order valence-corrected chi connectivity index (χ4v) is 2.80. The molecule has 0 bridgehead atoms. The molecule has 0 aliphatic rings. The summed E-state index contributed by atoms with van der Waals surface area (Å²) >= 11 is 0. The van der Waals surface area contributed by atoms with Gasteiger partial charge >= 0.3 is 0 Å². The predicted molar refractivity (Wildman–Crippen MR) is 90.2 cm³/mol. The van der Waals surface area contributed by atoms with Gasteiger partial charge in [0.2, 0.25) is 0 Å². The summed E-state index contributed by atoms with van der Waals surface area (Å²) in [6.07, 6.45) is 0. The molecular weight excluding hydrogens is 268 g/mol. The van der Waals surface area contributed by atoms with Gasteiger partial charge in [0.05, 0.1) is 5.92 Å². The number of ketones is 1. The number of aryl methyl sites for hydroxylation is 1. The second-order valence-corrected chi connectivity index (χ2v) is 5.43. The van der Waals surface area contributed by atoms with E-state index in [2.05, 4.69) is 13.0 Å². The summed E-state index contributed by atoms with van der Waals surface area (Å²) in [6, 6.07) is 27.6.